The summed E-state index contributed by atoms with van der Waals surface area (Å²) in [6, 6.07) is 0.370. The van der Waals surface area contributed by atoms with Crippen LogP contribution in [0, 0.1) is 5.92 Å². The van der Waals surface area contributed by atoms with E-state index in [1.54, 1.807) is 0 Å². The van der Waals surface area contributed by atoms with E-state index < -0.39 is 0 Å². The normalized spacial score (nSPS) is 26.3. The number of hydrogen-bond donors (Lipinski definition) is 1. The van der Waals surface area contributed by atoms with Gasteiger partial charge in [-0.1, -0.05) is 6.92 Å². The Hall–Kier alpha value is -0.860. The molecule has 0 aromatic heterocycles. The quantitative estimate of drug-likeness (QED) is 0.713. The Morgan fingerprint density at radius 3 is 2.38 bits per heavy atom. The third-order valence-electron chi connectivity index (χ3n) is 2.44. The summed E-state index contributed by atoms with van der Waals surface area (Å²) in [5.41, 5.74) is 0. The SMILES string of the molecule is CC(=O)CCC(=O)NC1CC(C)C1. The molecule has 3 nitrogen and oxygen atoms in total. The summed E-state index contributed by atoms with van der Waals surface area (Å²) in [7, 11) is 0. The average Bonchev–Trinajstić information content (AvgIpc) is 1.98. The number of carbonyl (C=O) groups excluding carboxylic acids is 2. The van der Waals surface area contributed by atoms with Crippen molar-refractivity contribution in [1.82, 2.24) is 5.32 Å². The minimum atomic E-state index is 0.0205. The molecule has 0 heterocycles. The van der Waals surface area contributed by atoms with Crippen LogP contribution in [0.4, 0.5) is 0 Å². The molecule has 1 N–H and O–H groups in total. The molecule has 0 spiro atoms. The zero-order chi connectivity index (χ0) is 9.84. The van der Waals surface area contributed by atoms with Gasteiger partial charge in [-0.05, 0) is 25.7 Å². The maximum atomic E-state index is 11.2. The van der Waals surface area contributed by atoms with Crippen LogP contribution in [-0.4, -0.2) is 17.7 Å². The lowest BCUT2D eigenvalue weighted by atomic mass is 9.82. The van der Waals surface area contributed by atoms with Gasteiger partial charge >= 0.3 is 0 Å². The molecule has 1 amide bonds. The summed E-state index contributed by atoms with van der Waals surface area (Å²) in [6.07, 6.45) is 2.89. The van der Waals surface area contributed by atoms with Crippen molar-refractivity contribution in [2.75, 3.05) is 0 Å². The lowest BCUT2D eigenvalue weighted by molar-refractivity contribution is -0.125. The van der Waals surface area contributed by atoms with Crippen LogP contribution >= 0.6 is 0 Å². The summed E-state index contributed by atoms with van der Waals surface area (Å²) in [4.78, 5) is 21.8. The predicted molar refractivity (Wildman–Crippen MR) is 50.2 cm³/mol. The van der Waals surface area contributed by atoms with Crippen molar-refractivity contribution in [3.05, 3.63) is 0 Å². The third kappa shape index (κ3) is 3.57. The molecule has 0 radical (unpaired) electrons. The van der Waals surface area contributed by atoms with Crippen LogP contribution in [0.15, 0.2) is 0 Å². The number of carbonyl (C=O) groups is 2. The van der Waals surface area contributed by atoms with Gasteiger partial charge in [-0.2, -0.15) is 0 Å². The lowest BCUT2D eigenvalue weighted by Gasteiger charge is -2.33. The highest BCUT2D eigenvalue weighted by Crippen LogP contribution is 2.26. The van der Waals surface area contributed by atoms with Crippen molar-refractivity contribution in [3.8, 4) is 0 Å². The Balaban J connectivity index is 2.08. The van der Waals surface area contributed by atoms with Crippen molar-refractivity contribution in [1.29, 1.82) is 0 Å². The molecule has 1 aliphatic carbocycles. The molecular formula is C10H17NO2. The number of nitrogens with one attached hydrogen (secondary N) is 1. The summed E-state index contributed by atoms with van der Waals surface area (Å²) in [5, 5.41) is 2.91. The molecule has 0 aromatic rings. The second-order valence-electron chi connectivity index (χ2n) is 4.04. The van der Waals surface area contributed by atoms with Crippen LogP contribution in [0.2, 0.25) is 0 Å². The fourth-order valence-corrected chi connectivity index (χ4v) is 1.61. The highest BCUT2D eigenvalue weighted by Gasteiger charge is 2.26. The Morgan fingerprint density at radius 2 is 1.92 bits per heavy atom. The molecule has 3 heteroatoms. The van der Waals surface area contributed by atoms with Gasteiger partial charge in [0, 0.05) is 18.9 Å². The van der Waals surface area contributed by atoms with Gasteiger partial charge in [0.05, 0.1) is 0 Å². The number of rotatable bonds is 4. The van der Waals surface area contributed by atoms with Crippen molar-refractivity contribution in [2.24, 2.45) is 5.92 Å². The summed E-state index contributed by atoms with van der Waals surface area (Å²) in [6.45, 7) is 3.69. The Labute approximate surface area is 78.9 Å². The van der Waals surface area contributed by atoms with E-state index in [1.165, 1.54) is 6.92 Å². The van der Waals surface area contributed by atoms with Gasteiger partial charge in [-0.25, -0.2) is 0 Å². The minimum absolute atomic E-state index is 0.0205. The Bertz CT molecular complexity index is 207. The van der Waals surface area contributed by atoms with E-state index in [0.717, 1.165) is 18.8 Å². The molecular weight excluding hydrogens is 166 g/mol. The van der Waals surface area contributed by atoms with Gasteiger partial charge in [0.2, 0.25) is 5.91 Å². The van der Waals surface area contributed by atoms with Crippen LogP contribution in [0.1, 0.15) is 39.5 Å². The van der Waals surface area contributed by atoms with E-state index in [-0.39, 0.29) is 11.7 Å². The van der Waals surface area contributed by atoms with Gasteiger partial charge in [0.15, 0.2) is 0 Å². The van der Waals surface area contributed by atoms with Crippen LogP contribution < -0.4 is 5.32 Å². The summed E-state index contributed by atoms with van der Waals surface area (Å²) in [5.74, 6) is 0.849. The second kappa shape index (κ2) is 4.40. The molecule has 0 aliphatic heterocycles. The molecule has 0 unspecified atom stereocenters. The Kier molecular flexibility index (Phi) is 3.46. The topological polar surface area (TPSA) is 46.2 Å². The minimum Gasteiger partial charge on any atom is -0.353 e. The van der Waals surface area contributed by atoms with E-state index in [2.05, 4.69) is 12.2 Å². The lowest BCUT2D eigenvalue weighted by Crippen LogP contribution is -2.43. The van der Waals surface area contributed by atoms with Crippen LogP contribution in [0.3, 0.4) is 0 Å². The standard InChI is InChI=1S/C10H17NO2/c1-7-5-9(6-7)11-10(13)4-3-8(2)12/h7,9H,3-6H2,1-2H3,(H,11,13). The summed E-state index contributed by atoms with van der Waals surface area (Å²) >= 11 is 0. The third-order valence-corrected chi connectivity index (χ3v) is 2.44. The molecule has 0 atom stereocenters. The van der Waals surface area contributed by atoms with Crippen molar-refractivity contribution in [2.45, 2.75) is 45.6 Å². The first-order valence-corrected chi connectivity index (χ1v) is 4.86. The molecule has 1 aliphatic rings. The molecule has 0 saturated heterocycles. The smallest absolute Gasteiger partial charge is 0.220 e. The number of ketones is 1. The van der Waals surface area contributed by atoms with Crippen LogP contribution in [-0.2, 0) is 9.59 Å². The van der Waals surface area contributed by atoms with Crippen LogP contribution in [0.5, 0.6) is 0 Å². The Morgan fingerprint density at radius 1 is 1.31 bits per heavy atom. The molecule has 0 aromatic carbocycles. The molecule has 13 heavy (non-hydrogen) atoms. The van der Waals surface area contributed by atoms with Crippen molar-refractivity contribution >= 4 is 11.7 Å². The van der Waals surface area contributed by atoms with Gasteiger partial charge < -0.3 is 10.1 Å². The van der Waals surface area contributed by atoms with Gasteiger partial charge in [-0.3, -0.25) is 4.79 Å². The van der Waals surface area contributed by atoms with Crippen molar-refractivity contribution < 1.29 is 9.59 Å². The van der Waals surface area contributed by atoms with E-state index in [9.17, 15) is 9.59 Å². The first kappa shape index (κ1) is 10.2. The highest BCUT2D eigenvalue weighted by atomic mass is 16.2. The van der Waals surface area contributed by atoms with E-state index in [4.69, 9.17) is 0 Å². The van der Waals surface area contributed by atoms with Gasteiger partial charge in [0.25, 0.3) is 0 Å². The number of hydrogen-bond acceptors (Lipinski definition) is 2. The van der Waals surface area contributed by atoms with E-state index in [0.29, 0.717) is 18.9 Å². The summed E-state index contributed by atoms with van der Waals surface area (Å²) < 4.78 is 0. The molecule has 1 saturated carbocycles. The fraction of sp³-hybridized carbons (Fsp3) is 0.800. The number of Topliss-reactive ketones (excluding diaryl/α,β-unsaturated/α-hetero) is 1. The second-order valence-corrected chi connectivity index (χ2v) is 4.04. The van der Waals surface area contributed by atoms with E-state index in [1.807, 2.05) is 0 Å². The highest BCUT2D eigenvalue weighted by molar-refractivity contribution is 5.83. The van der Waals surface area contributed by atoms with Crippen molar-refractivity contribution in [3.63, 3.8) is 0 Å². The first-order chi connectivity index (χ1) is 6.08. The molecule has 74 valence electrons. The monoisotopic (exact) mass is 183 g/mol. The molecule has 1 rings (SSSR count). The maximum absolute atomic E-state index is 11.2. The molecule has 1 fully saturated rings. The number of amides is 1. The zero-order valence-corrected chi connectivity index (χ0v) is 8.30. The largest absolute Gasteiger partial charge is 0.353 e. The van der Waals surface area contributed by atoms with Crippen LogP contribution in [0.25, 0.3) is 0 Å². The predicted octanol–water partition coefficient (Wildman–Crippen LogP) is 1.27. The molecule has 0 bridgehead atoms. The zero-order valence-electron chi connectivity index (χ0n) is 8.30. The van der Waals surface area contributed by atoms with Gasteiger partial charge in [0.1, 0.15) is 5.78 Å². The first-order valence-electron chi connectivity index (χ1n) is 4.86. The fourth-order valence-electron chi connectivity index (χ4n) is 1.61. The van der Waals surface area contributed by atoms with Gasteiger partial charge in [-0.15, -0.1) is 0 Å². The maximum Gasteiger partial charge on any atom is 0.220 e. The average molecular weight is 183 g/mol. The van der Waals surface area contributed by atoms with E-state index >= 15 is 0 Å².